The van der Waals surface area contributed by atoms with Crippen LogP contribution in [0.5, 0.6) is 0 Å². The van der Waals surface area contributed by atoms with E-state index in [1.165, 1.54) is 19.3 Å². The highest BCUT2D eigenvalue weighted by atomic mass is 32.1. The Morgan fingerprint density at radius 3 is 2.50 bits per heavy atom. The first kappa shape index (κ1) is 11.9. The van der Waals surface area contributed by atoms with Gasteiger partial charge in [0.1, 0.15) is 0 Å². The van der Waals surface area contributed by atoms with Crippen LogP contribution in [0.1, 0.15) is 39.5 Å². The fourth-order valence-electron chi connectivity index (χ4n) is 1.93. The monoisotopic (exact) mass is 214 g/mol. The summed E-state index contributed by atoms with van der Waals surface area (Å²) in [4.78, 5) is 3.12. The summed E-state index contributed by atoms with van der Waals surface area (Å²) in [6.07, 6.45) is 4.74. The Morgan fingerprint density at radius 1 is 1.57 bits per heavy atom. The molecular weight excluding hydrogens is 192 g/mol. The molecule has 14 heavy (non-hydrogen) atoms. The van der Waals surface area contributed by atoms with Gasteiger partial charge in [-0.15, -0.1) is 0 Å². The molecule has 2 N–H and O–H groups in total. The van der Waals surface area contributed by atoms with E-state index in [9.17, 15) is 0 Å². The second-order valence-electron chi connectivity index (χ2n) is 4.82. The number of rotatable bonds is 6. The van der Waals surface area contributed by atoms with Gasteiger partial charge in [0.2, 0.25) is 0 Å². The van der Waals surface area contributed by atoms with Crippen molar-refractivity contribution >= 4 is 17.2 Å². The lowest BCUT2D eigenvalue weighted by atomic mass is 10.0. The second kappa shape index (κ2) is 4.58. The van der Waals surface area contributed by atoms with E-state index in [0.29, 0.717) is 16.4 Å². The van der Waals surface area contributed by atoms with Crippen molar-refractivity contribution in [3.63, 3.8) is 0 Å². The predicted octanol–water partition coefficient (Wildman–Crippen LogP) is 2.17. The molecule has 0 heterocycles. The molecule has 0 aromatic heterocycles. The molecule has 0 aromatic carbocycles. The van der Waals surface area contributed by atoms with Crippen LogP contribution in [0.15, 0.2) is 0 Å². The predicted molar refractivity (Wildman–Crippen MR) is 65.5 cm³/mol. The molecule has 1 rings (SSSR count). The largest absolute Gasteiger partial charge is 0.393 e. The fourth-order valence-corrected chi connectivity index (χ4v) is 2.24. The van der Waals surface area contributed by atoms with Crippen molar-refractivity contribution < 1.29 is 0 Å². The van der Waals surface area contributed by atoms with Gasteiger partial charge in [-0.25, -0.2) is 0 Å². The highest BCUT2D eigenvalue weighted by Gasteiger charge is 2.43. The summed E-state index contributed by atoms with van der Waals surface area (Å²) in [7, 11) is 2.20. The summed E-state index contributed by atoms with van der Waals surface area (Å²) in [5.41, 5.74) is 6.05. The normalized spacial score (nSPS) is 20.9. The van der Waals surface area contributed by atoms with E-state index in [1.807, 2.05) is 0 Å². The summed E-state index contributed by atoms with van der Waals surface area (Å²) < 4.78 is 0. The Balaban J connectivity index is 2.39. The fraction of sp³-hybridized carbons (Fsp3) is 0.909. The van der Waals surface area contributed by atoms with Gasteiger partial charge in [0.25, 0.3) is 0 Å². The number of nitrogens with zero attached hydrogens (tertiary/aromatic N) is 1. The van der Waals surface area contributed by atoms with E-state index in [-0.39, 0.29) is 0 Å². The summed E-state index contributed by atoms with van der Waals surface area (Å²) in [6.45, 7) is 5.66. The quantitative estimate of drug-likeness (QED) is 0.687. The average molecular weight is 214 g/mol. The molecule has 1 fully saturated rings. The average Bonchev–Trinajstić information content (AvgIpc) is 2.82. The van der Waals surface area contributed by atoms with Gasteiger partial charge < -0.3 is 10.6 Å². The second-order valence-corrected chi connectivity index (χ2v) is 5.34. The van der Waals surface area contributed by atoms with Gasteiger partial charge in [-0.05, 0) is 38.6 Å². The molecule has 1 unspecified atom stereocenters. The summed E-state index contributed by atoms with van der Waals surface area (Å²) in [6, 6.07) is 0.666. The molecule has 0 aliphatic heterocycles. The van der Waals surface area contributed by atoms with Crippen LogP contribution in [-0.4, -0.2) is 29.5 Å². The Labute approximate surface area is 92.8 Å². The lowest BCUT2D eigenvalue weighted by molar-refractivity contribution is 0.206. The van der Waals surface area contributed by atoms with Crippen LogP contribution >= 0.6 is 12.2 Å². The number of thiocarbonyl (C=S) groups is 1. The maximum absolute atomic E-state index is 5.62. The maximum atomic E-state index is 5.62. The standard InChI is InChI=1S/C11H22N2S/c1-4-9(2)13(3)8-11(5-6-11)7-10(12)14/h9H,4-8H2,1-3H3,(H2,12,14). The van der Waals surface area contributed by atoms with Crippen LogP contribution in [0, 0.1) is 5.41 Å². The molecule has 0 amide bonds. The molecule has 0 saturated heterocycles. The minimum atomic E-state index is 0.435. The minimum Gasteiger partial charge on any atom is -0.393 e. The SMILES string of the molecule is CCC(C)N(C)CC1(CC(N)=S)CC1. The van der Waals surface area contributed by atoms with Gasteiger partial charge in [0.15, 0.2) is 0 Å². The van der Waals surface area contributed by atoms with Crippen molar-refractivity contribution in [2.45, 2.75) is 45.6 Å². The molecule has 1 saturated carbocycles. The van der Waals surface area contributed by atoms with Crippen LogP contribution in [0.3, 0.4) is 0 Å². The van der Waals surface area contributed by atoms with Gasteiger partial charge in [-0.1, -0.05) is 19.1 Å². The lowest BCUT2D eigenvalue weighted by Crippen LogP contribution is -2.35. The molecule has 82 valence electrons. The number of nitrogens with two attached hydrogens (primary N) is 1. The van der Waals surface area contributed by atoms with Crippen molar-refractivity contribution in [2.24, 2.45) is 11.1 Å². The highest BCUT2D eigenvalue weighted by Crippen LogP contribution is 2.49. The zero-order valence-corrected chi connectivity index (χ0v) is 10.4. The first-order valence-corrected chi connectivity index (χ1v) is 5.88. The molecule has 1 atom stereocenters. The van der Waals surface area contributed by atoms with E-state index in [4.69, 9.17) is 18.0 Å². The zero-order valence-electron chi connectivity index (χ0n) is 9.55. The van der Waals surface area contributed by atoms with Crippen LogP contribution in [0.25, 0.3) is 0 Å². The van der Waals surface area contributed by atoms with Crippen LogP contribution < -0.4 is 5.73 Å². The molecule has 0 bridgehead atoms. The van der Waals surface area contributed by atoms with Crippen molar-refractivity contribution in [1.29, 1.82) is 0 Å². The maximum Gasteiger partial charge on any atom is 0.0733 e. The van der Waals surface area contributed by atoms with E-state index in [0.717, 1.165) is 13.0 Å². The molecule has 0 aromatic rings. The third-order valence-electron chi connectivity index (χ3n) is 3.43. The smallest absolute Gasteiger partial charge is 0.0733 e. The number of hydrogen-bond acceptors (Lipinski definition) is 2. The molecule has 0 spiro atoms. The van der Waals surface area contributed by atoms with E-state index in [1.54, 1.807) is 0 Å². The van der Waals surface area contributed by atoms with Crippen molar-refractivity contribution in [3.05, 3.63) is 0 Å². The Hall–Kier alpha value is -0.150. The van der Waals surface area contributed by atoms with Gasteiger partial charge in [0.05, 0.1) is 4.99 Å². The Kier molecular flexibility index (Phi) is 3.90. The lowest BCUT2D eigenvalue weighted by Gasteiger charge is -2.28. The first-order chi connectivity index (χ1) is 6.49. The third-order valence-corrected chi connectivity index (χ3v) is 3.58. The molecule has 0 radical (unpaired) electrons. The van der Waals surface area contributed by atoms with Crippen molar-refractivity contribution in [3.8, 4) is 0 Å². The van der Waals surface area contributed by atoms with E-state index < -0.39 is 0 Å². The van der Waals surface area contributed by atoms with Gasteiger partial charge in [0, 0.05) is 19.0 Å². The van der Waals surface area contributed by atoms with E-state index in [2.05, 4.69) is 25.8 Å². The summed E-state index contributed by atoms with van der Waals surface area (Å²) in [5, 5.41) is 0. The van der Waals surface area contributed by atoms with Crippen LogP contribution in [0.4, 0.5) is 0 Å². The van der Waals surface area contributed by atoms with Crippen LogP contribution in [-0.2, 0) is 0 Å². The van der Waals surface area contributed by atoms with E-state index >= 15 is 0 Å². The van der Waals surface area contributed by atoms with Gasteiger partial charge >= 0.3 is 0 Å². The molecule has 2 nitrogen and oxygen atoms in total. The highest BCUT2D eigenvalue weighted by molar-refractivity contribution is 7.80. The summed E-state index contributed by atoms with van der Waals surface area (Å²) in [5.74, 6) is 0. The Bertz CT molecular complexity index is 211. The third kappa shape index (κ3) is 3.21. The van der Waals surface area contributed by atoms with Crippen LogP contribution in [0.2, 0.25) is 0 Å². The summed E-state index contributed by atoms with van der Waals surface area (Å²) >= 11 is 4.99. The molecule has 3 heteroatoms. The zero-order chi connectivity index (χ0) is 10.8. The van der Waals surface area contributed by atoms with Crippen molar-refractivity contribution in [2.75, 3.05) is 13.6 Å². The molecule has 1 aliphatic carbocycles. The first-order valence-electron chi connectivity index (χ1n) is 5.47. The topological polar surface area (TPSA) is 29.3 Å². The molecule has 1 aliphatic rings. The minimum absolute atomic E-state index is 0.435. The number of hydrogen-bond donors (Lipinski definition) is 1. The van der Waals surface area contributed by atoms with Crippen molar-refractivity contribution in [1.82, 2.24) is 4.90 Å². The molecular formula is C11H22N2S. The van der Waals surface area contributed by atoms with Gasteiger partial charge in [-0.2, -0.15) is 0 Å². The van der Waals surface area contributed by atoms with Gasteiger partial charge in [-0.3, -0.25) is 0 Å². The Morgan fingerprint density at radius 2 is 2.14 bits per heavy atom.